The molecule has 1 amide bonds. The first-order valence-electron chi connectivity index (χ1n) is 5.74. The van der Waals surface area contributed by atoms with E-state index in [0.29, 0.717) is 0 Å². The maximum Gasteiger partial charge on any atom is 0.287 e. The summed E-state index contributed by atoms with van der Waals surface area (Å²) in [6.45, 7) is 1.95. The molecular weight excluding hydrogens is 342 g/mol. The number of amides is 1. The van der Waals surface area contributed by atoms with Gasteiger partial charge in [-0.15, -0.1) is 0 Å². The van der Waals surface area contributed by atoms with Crippen molar-refractivity contribution >= 4 is 33.6 Å². The Morgan fingerprint density at radius 1 is 1.50 bits per heavy atom. The molecule has 1 aromatic carbocycles. The number of nitrogens with two attached hydrogens (primary N) is 1. The number of hydrogen-bond acceptors (Lipinski definition) is 4. The fourth-order valence-corrected chi connectivity index (χ4v) is 2.50. The van der Waals surface area contributed by atoms with Gasteiger partial charge >= 0.3 is 0 Å². The smallest absolute Gasteiger partial charge is 0.287 e. The van der Waals surface area contributed by atoms with Crippen molar-refractivity contribution in [3.63, 3.8) is 0 Å². The molecule has 0 radical (unpaired) electrons. The van der Waals surface area contributed by atoms with Gasteiger partial charge in [-0.25, -0.2) is 4.98 Å². The number of carbonyl (C=O) groups excluding carboxylic acids is 1. The largest absolute Gasteiger partial charge is 0.369 e. The van der Waals surface area contributed by atoms with Crippen LogP contribution in [0.3, 0.4) is 0 Å². The van der Waals surface area contributed by atoms with E-state index < -0.39 is 5.91 Å². The molecule has 0 bridgehead atoms. The maximum absolute atomic E-state index is 12.3. The normalized spacial score (nSPS) is 10.5. The number of thioether (sulfide) groups is 1. The van der Waals surface area contributed by atoms with Crippen LogP contribution in [0.25, 0.3) is 5.69 Å². The molecule has 0 saturated carbocycles. The number of carbonyl (C=O) groups is 1. The number of benzene rings is 1. The lowest BCUT2D eigenvalue weighted by atomic mass is 10.2. The summed E-state index contributed by atoms with van der Waals surface area (Å²) in [5.41, 5.74) is 6.59. The molecule has 1 heterocycles. The number of hydrogen-bond donors (Lipinski definition) is 1. The fraction of sp³-hybridized carbons (Fsp3) is 0.154. The highest BCUT2D eigenvalue weighted by Crippen LogP contribution is 2.19. The van der Waals surface area contributed by atoms with Crippen LogP contribution in [0.4, 0.5) is 0 Å². The van der Waals surface area contributed by atoms with Crippen molar-refractivity contribution in [1.29, 1.82) is 0 Å². The van der Waals surface area contributed by atoms with Crippen molar-refractivity contribution in [3.8, 4) is 5.69 Å². The van der Waals surface area contributed by atoms with E-state index >= 15 is 0 Å². The topological polar surface area (TPSA) is 78.0 Å². The van der Waals surface area contributed by atoms with Crippen LogP contribution in [0, 0.1) is 6.92 Å². The number of nitrogens with zero attached hydrogens (tertiary/aromatic N) is 2. The second-order valence-electron chi connectivity index (χ2n) is 4.10. The quantitative estimate of drug-likeness (QED) is 0.851. The maximum atomic E-state index is 12.3. The average molecular weight is 354 g/mol. The third-order valence-electron chi connectivity index (χ3n) is 2.58. The summed E-state index contributed by atoms with van der Waals surface area (Å²) in [6.07, 6.45) is 3.13. The molecular formula is C13H12BrN3O2S. The molecule has 0 aliphatic carbocycles. The minimum Gasteiger partial charge on any atom is -0.369 e. The summed E-state index contributed by atoms with van der Waals surface area (Å²) in [5, 5.41) is 0.256. The molecule has 0 aliphatic rings. The van der Waals surface area contributed by atoms with Crippen LogP contribution in [0.2, 0.25) is 0 Å². The Morgan fingerprint density at radius 3 is 2.90 bits per heavy atom. The van der Waals surface area contributed by atoms with Crippen molar-refractivity contribution in [2.45, 2.75) is 11.9 Å². The second-order valence-corrected chi connectivity index (χ2v) is 5.91. The number of primary amides is 1. The molecule has 0 atom stereocenters. The highest BCUT2D eigenvalue weighted by Gasteiger charge is 2.09. The molecule has 0 unspecified atom stereocenters. The minimum absolute atomic E-state index is 0.0334. The zero-order chi connectivity index (χ0) is 14.7. The molecule has 2 N–H and O–H groups in total. The van der Waals surface area contributed by atoms with Crippen LogP contribution in [-0.4, -0.2) is 21.2 Å². The van der Waals surface area contributed by atoms with Crippen molar-refractivity contribution in [2.24, 2.45) is 5.73 Å². The zero-order valence-corrected chi connectivity index (χ0v) is 13.1. The summed E-state index contributed by atoms with van der Waals surface area (Å²) in [4.78, 5) is 27.1. The number of aryl methyl sites for hydroxylation is 1. The molecule has 2 rings (SSSR count). The van der Waals surface area contributed by atoms with Gasteiger partial charge in [-0.1, -0.05) is 27.7 Å². The van der Waals surface area contributed by atoms with E-state index in [1.54, 1.807) is 6.20 Å². The molecule has 5 nitrogen and oxygen atoms in total. The van der Waals surface area contributed by atoms with E-state index in [0.717, 1.165) is 27.5 Å². The lowest BCUT2D eigenvalue weighted by Gasteiger charge is -2.08. The Morgan fingerprint density at radius 2 is 2.25 bits per heavy atom. The van der Waals surface area contributed by atoms with Crippen LogP contribution >= 0.6 is 27.7 Å². The number of aromatic nitrogens is 2. The molecule has 0 spiro atoms. The summed E-state index contributed by atoms with van der Waals surface area (Å²) < 4.78 is 2.47. The summed E-state index contributed by atoms with van der Waals surface area (Å²) in [6, 6.07) is 5.61. The Labute approximate surface area is 128 Å². The van der Waals surface area contributed by atoms with E-state index in [1.165, 1.54) is 10.8 Å². The Bertz CT molecular complexity index is 715. The van der Waals surface area contributed by atoms with Crippen molar-refractivity contribution < 1.29 is 4.79 Å². The van der Waals surface area contributed by atoms with Gasteiger partial charge in [0.25, 0.3) is 5.56 Å². The van der Waals surface area contributed by atoms with Gasteiger partial charge in [-0.3, -0.25) is 14.2 Å². The molecule has 2 aromatic rings. The van der Waals surface area contributed by atoms with Crippen LogP contribution in [0.5, 0.6) is 0 Å². The van der Waals surface area contributed by atoms with Gasteiger partial charge in [0.05, 0.1) is 5.75 Å². The lowest BCUT2D eigenvalue weighted by Crippen LogP contribution is -2.22. The highest BCUT2D eigenvalue weighted by molar-refractivity contribution is 9.10. The third kappa shape index (κ3) is 3.29. The monoisotopic (exact) mass is 353 g/mol. The minimum atomic E-state index is -0.480. The first-order valence-corrected chi connectivity index (χ1v) is 7.52. The van der Waals surface area contributed by atoms with E-state index in [9.17, 15) is 9.59 Å². The highest BCUT2D eigenvalue weighted by atomic mass is 79.9. The standard InChI is InChI=1S/C13H12BrN3O2S/c1-8-6-9(2-3-10(8)14)17-5-4-16-12(13(17)19)20-7-11(15)18/h2-6H,7H2,1H3,(H2,15,18). The van der Waals surface area contributed by atoms with Gasteiger partial charge in [0, 0.05) is 22.6 Å². The van der Waals surface area contributed by atoms with Gasteiger partial charge < -0.3 is 5.73 Å². The predicted octanol–water partition coefficient (Wildman–Crippen LogP) is 1.88. The number of halogens is 1. The van der Waals surface area contributed by atoms with Crippen molar-refractivity contribution in [1.82, 2.24) is 9.55 Å². The number of rotatable bonds is 4. The van der Waals surface area contributed by atoms with Crippen LogP contribution in [0.15, 0.2) is 44.9 Å². The zero-order valence-electron chi connectivity index (χ0n) is 10.7. The Balaban J connectivity index is 2.42. The summed E-state index contributed by atoms with van der Waals surface area (Å²) >= 11 is 4.46. The second kappa shape index (κ2) is 6.23. The van der Waals surface area contributed by atoms with E-state index in [-0.39, 0.29) is 16.3 Å². The molecule has 20 heavy (non-hydrogen) atoms. The summed E-state index contributed by atoms with van der Waals surface area (Å²) in [7, 11) is 0. The van der Waals surface area contributed by atoms with Crippen LogP contribution in [0.1, 0.15) is 5.56 Å². The molecule has 104 valence electrons. The lowest BCUT2D eigenvalue weighted by molar-refractivity contribution is -0.115. The van der Waals surface area contributed by atoms with Crippen molar-refractivity contribution in [3.05, 3.63) is 51.0 Å². The van der Waals surface area contributed by atoms with E-state index in [2.05, 4.69) is 20.9 Å². The molecule has 1 aromatic heterocycles. The molecule has 7 heteroatoms. The van der Waals surface area contributed by atoms with Crippen molar-refractivity contribution in [2.75, 3.05) is 5.75 Å². The molecule has 0 aliphatic heterocycles. The average Bonchev–Trinajstić information content (AvgIpc) is 2.41. The van der Waals surface area contributed by atoms with E-state index in [4.69, 9.17) is 5.73 Å². The van der Waals surface area contributed by atoms with Gasteiger partial charge in [0.2, 0.25) is 5.91 Å². The first kappa shape index (κ1) is 14.8. The molecule has 0 saturated heterocycles. The van der Waals surface area contributed by atoms with E-state index in [1.807, 2.05) is 25.1 Å². The van der Waals surface area contributed by atoms with Crippen LogP contribution in [-0.2, 0) is 4.79 Å². The van der Waals surface area contributed by atoms with Gasteiger partial charge in [0.1, 0.15) is 0 Å². The SMILES string of the molecule is Cc1cc(-n2ccnc(SCC(N)=O)c2=O)ccc1Br. The van der Waals surface area contributed by atoms with Crippen LogP contribution < -0.4 is 11.3 Å². The third-order valence-corrected chi connectivity index (χ3v) is 4.45. The predicted molar refractivity (Wildman–Crippen MR) is 82.2 cm³/mol. The van der Waals surface area contributed by atoms with Gasteiger partial charge in [-0.05, 0) is 30.7 Å². The summed E-state index contributed by atoms with van der Waals surface area (Å²) in [5.74, 6) is -0.447. The van der Waals surface area contributed by atoms with Gasteiger partial charge in [0.15, 0.2) is 5.03 Å². The Hall–Kier alpha value is -1.60. The molecule has 0 fully saturated rings. The fourth-order valence-electron chi connectivity index (χ4n) is 1.61. The van der Waals surface area contributed by atoms with Gasteiger partial charge in [-0.2, -0.15) is 0 Å². The first-order chi connectivity index (χ1) is 9.49. The Kier molecular flexibility index (Phi) is 4.61.